The number of hydrogen-bond donors (Lipinski definition) is 1. The van der Waals surface area contributed by atoms with Crippen LogP contribution in [0.4, 0.5) is 0 Å². The first-order chi connectivity index (χ1) is 15.1. The lowest BCUT2D eigenvalue weighted by Crippen LogP contribution is -2.42. The van der Waals surface area contributed by atoms with Gasteiger partial charge in [-0.1, -0.05) is 38.0 Å². The first-order valence-corrected chi connectivity index (χ1v) is 10.9. The van der Waals surface area contributed by atoms with E-state index < -0.39 is 0 Å². The third-order valence-corrected chi connectivity index (χ3v) is 6.29. The van der Waals surface area contributed by atoms with Crippen LogP contribution in [0.15, 0.2) is 53.6 Å². The second-order valence-corrected chi connectivity index (χ2v) is 8.45. The predicted molar refractivity (Wildman–Crippen MR) is 118 cm³/mol. The lowest BCUT2D eigenvalue weighted by Gasteiger charge is -2.29. The average Bonchev–Trinajstić information content (AvgIpc) is 3.25. The van der Waals surface area contributed by atoms with Gasteiger partial charge in [-0.25, -0.2) is 13.9 Å². The maximum absolute atomic E-state index is 13.1. The highest BCUT2D eigenvalue weighted by atomic mass is 16.2. The Kier molecular flexibility index (Phi) is 5.05. The molecule has 3 aromatic heterocycles. The van der Waals surface area contributed by atoms with Gasteiger partial charge < -0.3 is 5.32 Å². The van der Waals surface area contributed by atoms with E-state index >= 15 is 0 Å². The number of carbonyl (C=O) groups is 1. The molecule has 0 radical (unpaired) electrons. The van der Waals surface area contributed by atoms with Crippen molar-refractivity contribution in [2.75, 3.05) is 0 Å². The number of imidazole rings is 1. The van der Waals surface area contributed by atoms with Crippen LogP contribution in [0.2, 0.25) is 0 Å². The fourth-order valence-electron chi connectivity index (χ4n) is 4.62. The molecule has 0 saturated heterocycles. The maximum atomic E-state index is 13.1. The first-order valence-electron chi connectivity index (χ1n) is 10.9. The Morgan fingerprint density at radius 1 is 1.13 bits per heavy atom. The molecule has 2 atom stereocenters. The van der Waals surface area contributed by atoms with Crippen molar-refractivity contribution in [1.29, 1.82) is 0 Å². The molecule has 0 bridgehead atoms. The van der Waals surface area contributed by atoms with Crippen LogP contribution < -0.4 is 11.0 Å². The minimum absolute atomic E-state index is 0.0451. The first kappa shape index (κ1) is 19.5. The van der Waals surface area contributed by atoms with Crippen LogP contribution in [0.5, 0.6) is 0 Å². The van der Waals surface area contributed by atoms with Gasteiger partial charge in [-0.05, 0) is 42.5 Å². The Labute approximate surface area is 179 Å². The van der Waals surface area contributed by atoms with Crippen molar-refractivity contribution in [1.82, 2.24) is 29.0 Å². The van der Waals surface area contributed by atoms with Gasteiger partial charge in [0.15, 0.2) is 0 Å². The van der Waals surface area contributed by atoms with Crippen LogP contribution in [0.25, 0.3) is 16.8 Å². The molecule has 4 aromatic rings. The Bertz CT molecular complexity index is 1290. The van der Waals surface area contributed by atoms with E-state index in [0.717, 1.165) is 35.9 Å². The van der Waals surface area contributed by atoms with Gasteiger partial charge in [-0.15, -0.1) is 5.10 Å². The van der Waals surface area contributed by atoms with Crippen molar-refractivity contribution in [2.24, 2.45) is 5.92 Å². The molecule has 1 N–H and O–H groups in total. The SMILES string of the molecule is CC1CCCCC1NC(=O)Cn1c2ccccc2n2c(=O)n(Cc3cccnc3)nc12. The number of amides is 1. The standard InChI is InChI=1S/C23H26N6O2/c1-16-7-2-3-9-18(16)25-21(30)15-27-19-10-4-5-11-20(19)29-22(27)26-28(23(29)31)14-17-8-6-12-24-13-17/h4-6,8,10-13,16,18H,2-3,7,9,14-15H2,1H3,(H,25,30). The Balaban J connectivity index is 1.51. The minimum Gasteiger partial charge on any atom is -0.352 e. The van der Waals surface area contributed by atoms with Gasteiger partial charge in [0.1, 0.15) is 6.54 Å². The summed E-state index contributed by atoms with van der Waals surface area (Å²) < 4.78 is 4.85. The number of nitrogens with zero attached hydrogens (tertiary/aromatic N) is 5. The van der Waals surface area contributed by atoms with Gasteiger partial charge in [-0.3, -0.25) is 14.3 Å². The molecule has 0 aliphatic heterocycles. The highest BCUT2D eigenvalue weighted by molar-refractivity contribution is 5.84. The molecule has 31 heavy (non-hydrogen) atoms. The number of hydrogen-bond acceptors (Lipinski definition) is 4. The van der Waals surface area contributed by atoms with Crippen molar-refractivity contribution in [3.63, 3.8) is 0 Å². The Morgan fingerprint density at radius 3 is 2.71 bits per heavy atom. The second kappa shape index (κ2) is 8.02. The molecule has 5 rings (SSSR count). The molecular weight excluding hydrogens is 392 g/mol. The smallest absolute Gasteiger partial charge is 0.352 e. The van der Waals surface area contributed by atoms with Crippen LogP contribution in [0.1, 0.15) is 38.2 Å². The number of benzene rings is 1. The molecular formula is C23H26N6O2. The molecule has 1 aromatic carbocycles. The quantitative estimate of drug-likeness (QED) is 0.540. The third kappa shape index (κ3) is 3.62. The molecule has 160 valence electrons. The molecule has 1 fully saturated rings. The number of pyridine rings is 1. The summed E-state index contributed by atoms with van der Waals surface area (Å²) in [4.78, 5) is 30.2. The number of para-hydroxylation sites is 2. The fraction of sp³-hybridized carbons (Fsp3) is 0.391. The highest BCUT2D eigenvalue weighted by Gasteiger charge is 2.24. The summed E-state index contributed by atoms with van der Waals surface area (Å²) in [6, 6.07) is 11.6. The average molecular weight is 419 g/mol. The molecule has 1 aliphatic rings. The zero-order valence-electron chi connectivity index (χ0n) is 17.6. The molecule has 8 nitrogen and oxygen atoms in total. The number of aromatic nitrogens is 5. The topological polar surface area (TPSA) is 86.2 Å². The van der Waals surface area contributed by atoms with Crippen molar-refractivity contribution in [2.45, 2.75) is 51.7 Å². The summed E-state index contributed by atoms with van der Waals surface area (Å²) >= 11 is 0. The van der Waals surface area contributed by atoms with E-state index in [2.05, 4.69) is 22.3 Å². The van der Waals surface area contributed by atoms with Crippen LogP contribution in [0.3, 0.4) is 0 Å². The summed E-state index contributed by atoms with van der Waals surface area (Å²) in [5.41, 5.74) is 2.24. The Hall–Kier alpha value is -3.42. The van der Waals surface area contributed by atoms with E-state index in [4.69, 9.17) is 0 Å². The Morgan fingerprint density at radius 2 is 1.94 bits per heavy atom. The molecule has 8 heteroatoms. The van der Waals surface area contributed by atoms with E-state index in [1.165, 1.54) is 11.1 Å². The largest absolute Gasteiger partial charge is 0.352 e. The van der Waals surface area contributed by atoms with E-state index in [-0.39, 0.29) is 24.2 Å². The molecule has 3 heterocycles. The summed E-state index contributed by atoms with van der Waals surface area (Å²) in [6.45, 7) is 2.66. The van der Waals surface area contributed by atoms with Crippen molar-refractivity contribution < 1.29 is 4.79 Å². The summed E-state index contributed by atoms with van der Waals surface area (Å²) in [7, 11) is 0. The third-order valence-electron chi connectivity index (χ3n) is 6.29. The molecule has 1 saturated carbocycles. The summed E-state index contributed by atoms with van der Waals surface area (Å²) in [5.74, 6) is 0.915. The van der Waals surface area contributed by atoms with E-state index in [1.807, 2.05) is 41.0 Å². The van der Waals surface area contributed by atoms with Gasteiger partial charge in [0.25, 0.3) is 0 Å². The van der Waals surface area contributed by atoms with Crippen LogP contribution in [-0.2, 0) is 17.9 Å². The normalized spacial score (nSPS) is 19.1. The summed E-state index contributed by atoms with van der Waals surface area (Å²) in [5, 5.41) is 7.79. The summed E-state index contributed by atoms with van der Waals surface area (Å²) in [6.07, 6.45) is 7.97. The van der Waals surface area contributed by atoms with E-state index in [1.54, 1.807) is 16.8 Å². The van der Waals surface area contributed by atoms with Crippen LogP contribution in [0, 0.1) is 5.92 Å². The second-order valence-electron chi connectivity index (χ2n) is 8.45. The zero-order valence-corrected chi connectivity index (χ0v) is 17.6. The zero-order chi connectivity index (χ0) is 21.4. The van der Waals surface area contributed by atoms with Gasteiger partial charge in [0.05, 0.1) is 17.6 Å². The van der Waals surface area contributed by atoms with Crippen molar-refractivity contribution in [3.05, 3.63) is 64.8 Å². The minimum atomic E-state index is -0.227. The number of fused-ring (bicyclic) bond motifs is 3. The van der Waals surface area contributed by atoms with Gasteiger partial charge >= 0.3 is 5.69 Å². The van der Waals surface area contributed by atoms with Crippen LogP contribution >= 0.6 is 0 Å². The lowest BCUT2D eigenvalue weighted by atomic mass is 9.86. The molecule has 1 aliphatic carbocycles. The number of carbonyl (C=O) groups excluding carboxylic acids is 1. The van der Waals surface area contributed by atoms with E-state index in [9.17, 15) is 9.59 Å². The van der Waals surface area contributed by atoms with E-state index in [0.29, 0.717) is 18.2 Å². The maximum Gasteiger partial charge on any atom is 0.352 e. The molecule has 1 amide bonds. The molecule has 2 unspecified atom stereocenters. The lowest BCUT2D eigenvalue weighted by molar-refractivity contribution is -0.122. The monoisotopic (exact) mass is 418 g/mol. The number of nitrogens with one attached hydrogen (secondary N) is 1. The molecule has 0 spiro atoms. The van der Waals surface area contributed by atoms with Gasteiger partial charge in [0, 0.05) is 18.4 Å². The van der Waals surface area contributed by atoms with Crippen molar-refractivity contribution in [3.8, 4) is 0 Å². The van der Waals surface area contributed by atoms with Crippen LogP contribution in [-0.4, -0.2) is 35.7 Å². The van der Waals surface area contributed by atoms with Crippen molar-refractivity contribution >= 4 is 22.7 Å². The predicted octanol–water partition coefficient (Wildman–Crippen LogP) is 2.59. The number of rotatable bonds is 5. The van der Waals surface area contributed by atoms with Gasteiger partial charge in [-0.2, -0.15) is 0 Å². The fourth-order valence-corrected chi connectivity index (χ4v) is 4.62. The van der Waals surface area contributed by atoms with Gasteiger partial charge in [0.2, 0.25) is 11.7 Å². The highest BCUT2D eigenvalue weighted by Crippen LogP contribution is 2.24.